The van der Waals surface area contributed by atoms with Crippen molar-refractivity contribution in [2.24, 2.45) is 0 Å². The average molecular weight is 395 g/mol. The Kier molecular flexibility index (Phi) is 5.66. The third kappa shape index (κ3) is 3.09. The van der Waals surface area contributed by atoms with Crippen LogP contribution in [-0.2, 0) is 0 Å². The SMILES string of the molecule is CC[N+]1=CSC(c2ccccc2)C1c1ccccc1.[I-]. The number of hydrogen-bond donors (Lipinski definition) is 0. The smallest absolute Gasteiger partial charge is 0.199 e. The number of halogens is 1. The van der Waals surface area contributed by atoms with Crippen molar-refractivity contribution < 1.29 is 28.6 Å². The molecule has 1 aliphatic rings. The van der Waals surface area contributed by atoms with Crippen LogP contribution in [0.4, 0.5) is 0 Å². The molecule has 2 aromatic rings. The number of rotatable bonds is 3. The molecule has 1 aliphatic heterocycles. The van der Waals surface area contributed by atoms with Gasteiger partial charge in [-0.05, 0) is 12.5 Å². The van der Waals surface area contributed by atoms with Crippen LogP contribution < -0.4 is 24.0 Å². The molecule has 0 aliphatic carbocycles. The molecule has 20 heavy (non-hydrogen) atoms. The largest absolute Gasteiger partial charge is 1.00 e. The van der Waals surface area contributed by atoms with Gasteiger partial charge in [0.05, 0.1) is 0 Å². The molecular weight excluding hydrogens is 377 g/mol. The predicted molar refractivity (Wildman–Crippen MR) is 82.8 cm³/mol. The molecule has 0 fully saturated rings. The third-order valence-corrected chi connectivity index (χ3v) is 4.84. The van der Waals surface area contributed by atoms with Crippen molar-refractivity contribution in [3.05, 3.63) is 71.8 Å². The van der Waals surface area contributed by atoms with E-state index in [1.165, 1.54) is 11.1 Å². The molecule has 0 amide bonds. The number of likely N-dealkylation sites (N-methyl/N-ethyl adjacent to an activating group) is 1. The van der Waals surface area contributed by atoms with Gasteiger partial charge in [0.15, 0.2) is 11.6 Å². The van der Waals surface area contributed by atoms with Crippen molar-refractivity contribution in [3.8, 4) is 0 Å². The highest BCUT2D eigenvalue weighted by Gasteiger charge is 2.38. The van der Waals surface area contributed by atoms with Gasteiger partial charge in [-0.25, -0.2) is 4.58 Å². The summed E-state index contributed by atoms with van der Waals surface area (Å²) in [5.74, 6) is 0. The summed E-state index contributed by atoms with van der Waals surface area (Å²) in [4.78, 5) is 0. The molecular formula is C17H18INS. The van der Waals surface area contributed by atoms with Crippen molar-refractivity contribution in [2.45, 2.75) is 18.2 Å². The molecule has 3 heteroatoms. The van der Waals surface area contributed by atoms with E-state index in [1.54, 1.807) is 0 Å². The van der Waals surface area contributed by atoms with Crippen LogP contribution >= 0.6 is 11.8 Å². The van der Waals surface area contributed by atoms with Crippen LogP contribution in [0.2, 0.25) is 0 Å². The van der Waals surface area contributed by atoms with Crippen LogP contribution in [0.15, 0.2) is 60.7 Å². The average Bonchev–Trinajstić information content (AvgIpc) is 2.93. The first-order chi connectivity index (χ1) is 9.40. The molecule has 0 spiro atoms. The topological polar surface area (TPSA) is 3.01 Å². The molecule has 104 valence electrons. The zero-order valence-corrected chi connectivity index (χ0v) is 14.4. The van der Waals surface area contributed by atoms with Gasteiger partial charge < -0.3 is 24.0 Å². The van der Waals surface area contributed by atoms with E-state index >= 15 is 0 Å². The van der Waals surface area contributed by atoms with E-state index in [2.05, 4.69) is 77.7 Å². The number of nitrogens with zero attached hydrogens (tertiary/aromatic N) is 1. The van der Waals surface area contributed by atoms with E-state index in [0.29, 0.717) is 11.3 Å². The summed E-state index contributed by atoms with van der Waals surface area (Å²) >= 11 is 1.93. The van der Waals surface area contributed by atoms with Crippen molar-refractivity contribution in [2.75, 3.05) is 6.54 Å². The summed E-state index contributed by atoms with van der Waals surface area (Å²) in [5, 5.41) is 0.489. The van der Waals surface area contributed by atoms with Crippen LogP contribution in [0, 0.1) is 0 Å². The Morgan fingerprint density at radius 1 is 0.900 bits per heavy atom. The molecule has 0 N–H and O–H groups in total. The van der Waals surface area contributed by atoms with E-state index in [0.717, 1.165) is 6.54 Å². The number of benzene rings is 2. The molecule has 0 bridgehead atoms. The molecule has 2 aromatic carbocycles. The maximum atomic E-state index is 2.44. The van der Waals surface area contributed by atoms with Gasteiger partial charge in [-0.3, -0.25) is 0 Å². The van der Waals surface area contributed by atoms with Crippen LogP contribution in [-0.4, -0.2) is 16.7 Å². The van der Waals surface area contributed by atoms with Gasteiger partial charge in [0, 0.05) is 5.56 Å². The lowest BCUT2D eigenvalue weighted by Gasteiger charge is -2.17. The molecule has 0 saturated heterocycles. The second kappa shape index (κ2) is 7.27. The maximum absolute atomic E-state index is 2.44. The number of hydrogen-bond acceptors (Lipinski definition) is 1. The van der Waals surface area contributed by atoms with Crippen molar-refractivity contribution in [3.63, 3.8) is 0 Å². The zero-order valence-electron chi connectivity index (χ0n) is 11.4. The normalized spacial score (nSPS) is 21.1. The summed E-state index contributed by atoms with van der Waals surface area (Å²) in [6.45, 7) is 3.27. The van der Waals surface area contributed by atoms with Gasteiger partial charge in [-0.2, -0.15) is 0 Å². The van der Waals surface area contributed by atoms with Crippen LogP contribution in [0.3, 0.4) is 0 Å². The Morgan fingerprint density at radius 2 is 1.45 bits per heavy atom. The first-order valence-corrected chi connectivity index (χ1v) is 7.69. The molecule has 1 nitrogen and oxygen atoms in total. The van der Waals surface area contributed by atoms with E-state index in [4.69, 9.17) is 0 Å². The monoisotopic (exact) mass is 395 g/mol. The van der Waals surface area contributed by atoms with Gasteiger partial charge >= 0.3 is 0 Å². The minimum Gasteiger partial charge on any atom is -1.00 e. The summed E-state index contributed by atoms with van der Waals surface area (Å²) in [6.07, 6.45) is 0. The minimum absolute atomic E-state index is 0. The van der Waals surface area contributed by atoms with Gasteiger partial charge in [-0.15, -0.1) is 0 Å². The first kappa shape index (κ1) is 15.6. The number of thioether (sulfide) groups is 1. The highest BCUT2D eigenvalue weighted by molar-refractivity contribution is 8.12. The lowest BCUT2D eigenvalue weighted by atomic mass is 9.98. The fraction of sp³-hybridized carbons (Fsp3) is 0.235. The predicted octanol–water partition coefficient (Wildman–Crippen LogP) is 1.28. The van der Waals surface area contributed by atoms with Gasteiger partial charge in [0.1, 0.15) is 11.8 Å². The fourth-order valence-electron chi connectivity index (χ4n) is 2.65. The minimum atomic E-state index is 0. The van der Waals surface area contributed by atoms with Gasteiger partial charge in [-0.1, -0.05) is 72.4 Å². The van der Waals surface area contributed by atoms with E-state index < -0.39 is 0 Å². The molecule has 3 rings (SSSR count). The first-order valence-electron chi connectivity index (χ1n) is 6.74. The van der Waals surface area contributed by atoms with Crippen LogP contribution in [0.25, 0.3) is 0 Å². The standard InChI is InChI=1S/C17H18NS.HI/c1-2-18-13-19-17(15-11-7-4-8-12-15)16(18)14-9-5-3-6-10-14;/h3-13,16-17H,2H2,1H3;1H/q+1;/p-1. The van der Waals surface area contributed by atoms with E-state index in [1.807, 2.05) is 11.8 Å². The fourth-order valence-corrected chi connectivity index (χ4v) is 3.99. The Hall–Kier alpha value is -0.810. The third-order valence-electron chi connectivity index (χ3n) is 3.62. The maximum Gasteiger partial charge on any atom is 0.199 e. The summed E-state index contributed by atoms with van der Waals surface area (Å²) in [7, 11) is 0. The Balaban J connectivity index is 0.00000147. The molecule has 2 atom stereocenters. The van der Waals surface area contributed by atoms with Crippen molar-refractivity contribution in [1.29, 1.82) is 0 Å². The van der Waals surface area contributed by atoms with Crippen molar-refractivity contribution in [1.82, 2.24) is 0 Å². The summed E-state index contributed by atoms with van der Waals surface area (Å²) in [6, 6.07) is 22.1. The Labute approximate surface area is 142 Å². The molecule has 2 unspecified atom stereocenters. The molecule has 0 radical (unpaired) electrons. The van der Waals surface area contributed by atoms with Crippen LogP contribution in [0.1, 0.15) is 29.3 Å². The van der Waals surface area contributed by atoms with Crippen molar-refractivity contribution >= 4 is 17.3 Å². The van der Waals surface area contributed by atoms with Gasteiger partial charge in [0.2, 0.25) is 0 Å². The molecule has 1 heterocycles. The molecule has 0 aromatic heterocycles. The lowest BCUT2D eigenvalue weighted by molar-refractivity contribution is -0.560. The highest BCUT2D eigenvalue weighted by atomic mass is 127. The summed E-state index contributed by atoms with van der Waals surface area (Å²) < 4.78 is 2.44. The van der Waals surface area contributed by atoms with E-state index in [-0.39, 0.29) is 24.0 Å². The van der Waals surface area contributed by atoms with E-state index in [9.17, 15) is 0 Å². The quantitative estimate of drug-likeness (QED) is 0.559. The summed E-state index contributed by atoms with van der Waals surface area (Å²) in [5.41, 5.74) is 5.10. The van der Waals surface area contributed by atoms with Crippen LogP contribution in [0.5, 0.6) is 0 Å². The zero-order chi connectivity index (χ0) is 13.1. The lowest BCUT2D eigenvalue weighted by Crippen LogP contribution is -3.00. The Morgan fingerprint density at radius 3 is 2.00 bits per heavy atom. The second-order valence-corrected chi connectivity index (χ2v) is 5.75. The Bertz CT molecular complexity index is 568. The highest BCUT2D eigenvalue weighted by Crippen LogP contribution is 2.45. The second-order valence-electron chi connectivity index (χ2n) is 4.76. The molecule has 0 saturated carbocycles. The van der Waals surface area contributed by atoms with Gasteiger partial charge in [0.25, 0.3) is 0 Å².